The number of aryl methyl sites for hydroxylation is 1. The molecule has 0 aliphatic carbocycles. The molecular weight excluding hydrogens is 368 g/mol. The Bertz CT molecular complexity index is 925. The molecule has 3 heterocycles. The van der Waals surface area contributed by atoms with Crippen molar-refractivity contribution in [3.8, 4) is 5.69 Å². The summed E-state index contributed by atoms with van der Waals surface area (Å²) < 4.78 is 1.88. The maximum absolute atomic E-state index is 12.5. The van der Waals surface area contributed by atoms with Gasteiger partial charge in [-0.1, -0.05) is 11.6 Å². The summed E-state index contributed by atoms with van der Waals surface area (Å²) in [7, 11) is 0. The number of benzene rings is 1. The van der Waals surface area contributed by atoms with Crippen LogP contribution in [0.15, 0.2) is 30.3 Å². The number of thiophene rings is 1. The first-order chi connectivity index (χ1) is 12.6. The van der Waals surface area contributed by atoms with E-state index in [9.17, 15) is 4.79 Å². The van der Waals surface area contributed by atoms with Crippen molar-refractivity contribution in [3.63, 3.8) is 0 Å². The summed E-state index contributed by atoms with van der Waals surface area (Å²) in [5, 5.41) is 12.7. The van der Waals surface area contributed by atoms with E-state index >= 15 is 0 Å². The van der Waals surface area contributed by atoms with E-state index in [0.717, 1.165) is 52.5 Å². The van der Waals surface area contributed by atoms with Crippen LogP contribution in [0.5, 0.6) is 0 Å². The van der Waals surface area contributed by atoms with Crippen LogP contribution in [0.2, 0.25) is 5.02 Å². The van der Waals surface area contributed by atoms with Gasteiger partial charge in [0.15, 0.2) is 0 Å². The highest BCUT2D eigenvalue weighted by Gasteiger charge is 2.18. The Morgan fingerprint density at radius 2 is 2.23 bits per heavy atom. The van der Waals surface area contributed by atoms with Crippen molar-refractivity contribution in [1.82, 2.24) is 20.4 Å². The standard InChI is InChI=1S/C19H21ClN4OS/c1-12-16-10-17(18(25)22-9-7-13-6-8-21-11-13)26-19(16)24(23-12)15-4-2-14(20)3-5-15/h2-5,10,13,21H,6-9,11H2,1H3,(H,22,25). The van der Waals surface area contributed by atoms with Gasteiger partial charge in [-0.25, -0.2) is 4.68 Å². The fourth-order valence-electron chi connectivity index (χ4n) is 3.35. The van der Waals surface area contributed by atoms with Crippen LogP contribution in [-0.2, 0) is 0 Å². The molecule has 0 saturated carbocycles. The van der Waals surface area contributed by atoms with E-state index in [4.69, 9.17) is 11.6 Å². The molecule has 3 aromatic rings. The summed E-state index contributed by atoms with van der Waals surface area (Å²) >= 11 is 7.46. The van der Waals surface area contributed by atoms with E-state index in [2.05, 4.69) is 15.7 Å². The maximum atomic E-state index is 12.5. The lowest BCUT2D eigenvalue weighted by Gasteiger charge is -2.08. The van der Waals surface area contributed by atoms with E-state index in [-0.39, 0.29) is 5.91 Å². The number of amides is 1. The lowest BCUT2D eigenvalue weighted by atomic mass is 10.1. The number of rotatable bonds is 5. The molecule has 4 rings (SSSR count). The van der Waals surface area contributed by atoms with Gasteiger partial charge in [-0.3, -0.25) is 4.79 Å². The average molecular weight is 389 g/mol. The lowest BCUT2D eigenvalue weighted by Crippen LogP contribution is -2.25. The molecule has 26 heavy (non-hydrogen) atoms. The SMILES string of the molecule is Cc1nn(-c2ccc(Cl)cc2)c2sc(C(=O)NCCC3CCNC3)cc12. The molecule has 1 fully saturated rings. The van der Waals surface area contributed by atoms with Gasteiger partial charge in [0, 0.05) is 17.0 Å². The van der Waals surface area contributed by atoms with E-state index in [0.29, 0.717) is 10.9 Å². The van der Waals surface area contributed by atoms with Crippen molar-refractivity contribution in [3.05, 3.63) is 45.9 Å². The van der Waals surface area contributed by atoms with Crippen LogP contribution in [0.25, 0.3) is 15.9 Å². The minimum atomic E-state index is -0.000729. The van der Waals surface area contributed by atoms with Crippen LogP contribution < -0.4 is 10.6 Å². The first kappa shape index (κ1) is 17.5. The van der Waals surface area contributed by atoms with Crippen molar-refractivity contribution in [2.75, 3.05) is 19.6 Å². The Morgan fingerprint density at radius 3 is 2.96 bits per heavy atom. The molecule has 0 spiro atoms. The van der Waals surface area contributed by atoms with Crippen LogP contribution in [0, 0.1) is 12.8 Å². The van der Waals surface area contributed by atoms with Gasteiger partial charge in [0.25, 0.3) is 5.91 Å². The molecule has 0 bridgehead atoms. The number of hydrogen-bond acceptors (Lipinski definition) is 4. The Morgan fingerprint density at radius 1 is 1.42 bits per heavy atom. The molecule has 1 aliphatic rings. The second kappa shape index (κ2) is 7.39. The van der Waals surface area contributed by atoms with E-state index < -0.39 is 0 Å². The number of nitrogens with zero attached hydrogens (tertiary/aromatic N) is 2. The Hall–Kier alpha value is -1.89. The monoisotopic (exact) mass is 388 g/mol. The van der Waals surface area contributed by atoms with Crippen molar-refractivity contribution in [2.45, 2.75) is 19.8 Å². The van der Waals surface area contributed by atoms with Crippen molar-refractivity contribution >= 4 is 39.1 Å². The van der Waals surface area contributed by atoms with Gasteiger partial charge in [0.1, 0.15) is 4.83 Å². The van der Waals surface area contributed by atoms with Gasteiger partial charge in [0.2, 0.25) is 0 Å². The number of carbonyl (C=O) groups excluding carboxylic acids is 1. The summed E-state index contributed by atoms with van der Waals surface area (Å²) in [4.78, 5) is 14.2. The van der Waals surface area contributed by atoms with Crippen molar-refractivity contribution in [1.29, 1.82) is 0 Å². The van der Waals surface area contributed by atoms with Gasteiger partial charge in [-0.15, -0.1) is 11.3 Å². The van der Waals surface area contributed by atoms with Gasteiger partial charge in [-0.2, -0.15) is 5.10 Å². The number of aromatic nitrogens is 2. The maximum Gasteiger partial charge on any atom is 0.261 e. The van der Waals surface area contributed by atoms with Crippen molar-refractivity contribution in [2.24, 2.45) is 5.92 Å². The number of fused-ring (bicyclic) bond motifs is 1. The molecule has 1 amide bonds. The van der Waals surface area contributed by atoms with E-state index in [1.165, 1.54) is 17.8 Å². The van der Waals surface area contributed by atoms with Gasteiger partial charge in [0.05, 0.1) is 16.3 Å². The molecule has 1 aliphatic heterocycles. The molecule has 1 atom stereocenters. The molecule has 0 radical (unpaired) electrons. The minimum absolute atomic E-state index is 0.000729. The first-order valence-corrected chi connectivity index (χ1v) is 10.1. The summed E-state index contributed by atoms with van der Waals surface area (Å²) in [6, 6.07) is 9.51. The zero-order chi connectivity index (χ0) is 18.1. The molecular formula is C19H21ClN4OS. The number of halogens is 1. The quantitative estimate of drug-likeness (QED) is 0.699. The lowest BCUT2D eigenvalue weighted by molar-refractivity contribution is 0.0956. The molecule has 1 aromatic carbocycles. The Balaban J connectivity index is 1.52. The Labute approximate surface area is 161 Å². The van der Waals surface area contributed by atoms with Crippen LogP contribution in [0.4, 0.5) is 0 Å². The van der Waals surface area contributed by atoms with E-state index in [1.807, 2.05) is 41.9 Å². The van der Waals surface area contributed by atoms with Gasteiger partial charge < -0.3 is 10.6 Å². The number of carbonyl (C=O) groups is 1. The van der Waals surface area contributed by atoms with Gasteiger partial charge >= 0.3 is 0 Å². The van der Waals surface area contributed by atoms with Crippen molar-refractivity contribution < 1.29 is 4.79 Å². The molecule has 1 unspecified atom stereocenters. The molecule has 2 N–H and O–H groups in total. The zero-order valence-electron chi connectivity index (χ0n) is 14.6. The molecule has 2 aromatic heterocycles. The normalized spacial score (nSPS) is 17.1. The predicted octanol–water partition coefficient (Wildman–Crippen LogP) is 3.78. The summed E-state index contributed by atoms with van der Waals surface area (Å²) in [6.07, 6.45) is 2.23. The smallest absolute Gasteiger partial charge is 0.261 e. The van der Waals surface area contributed by atoms with E-state index in [1.54, 1.807) is 0 Å². The van der Waals surface area contributed by atoms with Crippen LogP contribution in [-0.4, -0.2) is 35.3 Å². The van der Waals surface area contributed by atoms with Crippen LogP contribution >= 0.6 is 22.9 Å². The Kier molecular flexibility index (Phi) is 4.98. The first-order valence-electron chi connectivity index (χ1n) is 8.86. The second-order valence-electron chi connectivity index (χ2n) is 6.71. The fraction of sp³-hybridized carbons (Fsp3) is 0.368. The third-order valence-corrected chi connectivity index (χ3v) is 6.20. The van der Waals surface area contributed by atoms with Crippen LogP contribution in [0.3, 0.4) is 0 Å². The summed E-state index contributed by atoms with van der Waals surface area (Å²) in [5.74, 6) is 0.678. The number of nitrogens with one attached hydrogen (secondary N) is 2. The summed E-state index contributed by atoms with van der Waals surface area (Å²) in [6.45, 7) is 4.85. The largest absolute Gasteiger partial charge is 0.351 e. The third kappa shape index (κ3) is 3.49. The minimum Gasteiger partial charge on any atom is -0.351 e. The molecule has 5 nitrogen and oxygen atoms in total. The third-order valence-electron chi connectivity index (χ3n) is 4.84. The fourth-order valence-corrected chi connectivity index (χ4v) is 4.58. The number of hydrogen-bond donors (Lipinski definition) is 2. The van der Waals surface area contributed by atoms with Crippen LogP contribution in [0.1, 0.15) is 28.2 Å². The summed E-state index contributed by atoms with van der Waals surface area (Å²) in [5.41, 5.74) is 1.86. The molecule has 7 heteroatoms. The molecule has 1 saturated heterocycles. The topological polar surface area (TPSA) is 59.0 Å². The second-order valence-corrected chi connectivity index (χ2v) is 8.17. The molecule has 136 valence electrons. The predicted molar refractivity (Wildman–Crippen MR) is 107 cm³/mol. The highest BCUT2D eigenvalue weighted by atomic mass is 35.5. The zero-order valence-corrected chi connectivity index (χ0v) is 16.2. The highest BCUT2D eigenvalue weighted by molar-refractivity contribution is 7.20. The average Bonchev–Trinajstić information content (AvgIpc) is 3.34. The van der Waals surface area contributed by atoms with Gasteiger partial charge in [-0.05, 0) is 69.1 Å². The highest BCUT2D eigenvalue weighted by Crippen LogP contribution is 2.30.